The summed E-state index contributed by atoms with van der Waals surface area (Å²) >= 11 is 0. The monoisotopic (exact) mass is 228 g/mol. The zero-order valence-corrected chi connectivity index (χ0v) is 10.4. The van der Waals surface area contributed by atoms with Crippen molar-refractivity contribution < 1.29 is 9.53 Å². The van der Waals surface area contributed by atoms with Gasteiger partial charge in [-0.15, -0.1) is 0 Å². The van der Waals surface area contributed by atoms with Gasteiger partial charge in [0.25, 0.3) is 0 Å². The fourth-order valence-corrected chi connectivity index (χ4v) is 2.23. The summed E-state index contributed by atoms with van der Waals surface area (Å²) in [6, 6.07) is -0.0519. The molecule has 3 N–H and O–H groups in total. The van der Waals surface area contributed by atoms with Crippen molar-refractivity contribution in [2.45, 2.75) is 51.1 Å². The Morgan fingerprint density at radius 3 is 2.88 bits per heavy atom. The standard InChI is InChI=1S/C12H24N2O2/c1-9-5-3-7-11(9)14-12(15)10(13)6-4-8-16-2/h9-11H,3-8,13H2,1-2H3,(H,14,15). The summed E-state index contributed by atoms with van der Waals surface area (Å²) in [7, 11) is 1.66. The molecule has 4 nitrogen and oxygen atoms in total. The second-order valence-corrected chi connectivity index (χ2v) is 4.76. The summed E-state index contributed by atoms with van der Waals surface area (Å²) < 4.78 is 4.94. The number of rotatable bonds is 6. The molecule has 0 heterocycles. The van der Waals surface area contributed by atoms with Gasteiger partial charge in [0, 0.05) is 19.8 Å². The lowest BCUT2D eigenvalue weighted by molar-refractivity contribution is -0.123. The Morgan fingerprint density at radius 2 is 2.31 bits per heavy atom. The van der Waals surface area contributed by atoms with Gasteiger partial charge in [-0.25, -0.2) is 0 Å². The molecule has 94 valence electrons. The van der Waals surface area contributed by atoms with Crippen molar-refractivity contribution in [2.24, 2.45) is 11.7 Å². The average molecular weight is 228 g/mol. The van der Waals surface area contributed by atoms with Crippen LogP contribution in [0.2, 0.25) is 0 Å². The number of nitrogens with one attached hydrogen (secondary N) is 1. The maximum Gasteiger partial charge on any atom is 0.237 e. The minimum Gasteiger partial charge on any atom is -0.385 e. The van der Waals surface area contributed by atoms with Crippen LogP contribution in [0, 0.1) is 5.92 Å². The predicted octanol–water partition coefficient (Wildman–Crippen LogP) is 1.05. The van der Waals surface area contributed by atoms with E-state index in [1.54, 1.807) is 7.11 Å². The number of amides is 1. The van der Waals surface area contributed by atoms with E-state index in [1.165, 1.54) is 12.8 Å². The molecule has 0 bridgehead atoms. The molecule has 1 aliphatic rings. The molecule has 4 heteroatoms. The van der Waals surface area contributed by atoms with Crippen LogP contribution in [0.3, 0.4) is 0 Å². The first-order valence-corrected chi connectivity index (χ1v) is 6.20. The predicted molar refractivity (Wildman–Crippen MR) is 64.0 cm³/mol. The summed E-state index contributed by atoms with van der Waals surface area (Å²) in [4.78, 5) is 11.8. The van der Waals surface area contributed by atoms with E-state index in [9.17, 15) is 4.79 Å². The zero-order chi connectivity index (χ0) is 12.0. The number of nitrogens with two attached hydrogens (primary N) is 1. The van der Waals surface area contributed by atoms with Crippen LogP contribution in [0.1, 0.15) is 39.0 Å². The quantitative estimate of drug-likeness (QED) is 0.668. The Balaban J connectivity index is 2.22. The second kappa shape index (κ2) is 6.86. The highest BCUT2D eigenvalue weighted by atomic mass is 16.5. The van der Waals surface area contributed by atoms with Gasteiger partial charge in [-0.3, -0.25) is 4.79 Å². The van der Waals surface area contributed by atoms with Gasteiger partial charge in [-0.1, -0.05) is 13.3 Å². The number of hydrogen-bond acceptors (Lipinski definition) is 3. The molecule has 0 aromatic rings. The van der Waals surface area contributed by atoms with Gasteiger partial charge in [-0.2, -0.15) is 0 Å². The molecular weight excluding hydrogens is 204 g/mol. The molecule has 3 unspecified atom stereocenters. The molecule has 0 aromatic heterocycles. The molecule has 0 spiro atoms. The highest BCUT2D eigenvalue weighted by molar-refractivity contribution is 5.81. The summed E-state index contributed by atoms with van der Waals surface area (Å²) in [5, 5.41) is 3.05. The Bertz CT molecular complexity index is 221. The molecule has 1 aliphatic carbocycles. The van der Waals surface area contributed by atoms with Crippen molar-refractivity contribution in [3.05, 3.63) is 0 Å². The Labute approximate surface area is 97.9 Å². The molecular formula is C12H24N2O2. The van der Waals surface area contributed by atoms with E-state index >= 15 is 0 Å². The number of hydrogen-bond donors (Lipinski definition) is 2. The Kier molecular flexibility index (Phi) is 5.77. The number of carbonyl (C=O) groups is 1. The largest absolute Gasteiger partial charge is 0.385 e. The SMILES string of the molecule is COCCCC(N)C(=O)NC1CCCC1C. The third-order valence-electron chi connectivity index (χ3n) is 3.39. The van der Waals surface area contributed by atoms with Crippen LogP contribution in [-0.4, -0.2) is 31.7 Å². The van der Waals surface area contributed by atoms with Crippen molar-refractivity contribution in [2.75, 3.05) is 13.7 Å². The lowest BCUT2D eigenvalue weighted by atomic mass is 10.1. The smallest absolute Gasteiger partial charge is 0.237 e. The topological polar surface area (TPSA) is 64.3 Å². The first kappa shape index (κ1) is 13.5. The Hall–Kier alpha value is -0.610. The van der Waals surface area contributed by atoms with Crippen LogP contribution in [0.4, 0.5) is 0 Å². The van der Waals surface area contributed by atoms with Crippen LogP contribution in [0.15, 0.2) is 0 Å². The fourth-order valence-electron chi connectivity index (χ4n) is 2.23. The van der Waals surface area contributed by atoms with E-state index in [-0.39, 0.29) is 11.9 Å². The normalized spacial score (nSPS) is 26.7. The fraction of sp³-hybridized carbons (Fsp3) is 0.917. The first-order valence-electron chi connectivity index (χ1n) is 6.20. The minimum absolute atomic E-state index is 0.00477. The van der Waals surface area contributed by atoms with Crippen LogP contribution in [0.5, 0.6) is 0 Å². The second-order valence-electron chi connectivity index (χ2n) is 4.76. The molecule has 0 saturated heterocycles. The maximum absolute atomic E-state index is 11.8. The van der Waals surface area contributed by atoms with E-state index in [1.807, 2.05) is 0 Å². The summed E-state index contributed by atoms with van der Waals surface area (Å²) in [6.07, 6.45) is 5.05. The van der Waals surface area contributed by atoms with Gasteiger partial charge < -0.3 is 15.8 Å². The zero-order valence-electron chi connectivity index (χ0n) is 10.4. The molecule has 0 radical (unpaired) electrons. The molecule has 16 heavy (non-hydrogen) atoms. The maximum atomic E-state index is 11.8. The van der Waals surface area contributed by atoms with Crippen molar-refractivity contribution in [3.8, 4) is 0 Å². The molecule has 3 atom stereocenters. The van der Waals surface area contributed by atoms with Gasteiger partial charge in [0.2, 0.25) is 5.91 Å². The van der Waals surface area contributed by atoms with Crippen LogP contribution >= 0.6 is 0 Å². The van der Waals surface area contributed by atoms with Crippen molar-refractivity contribution in [1.29, 1.82) is 0 Å². The average Bonchev–Trinajstić information content (AvgIpc) is 2.64. The van der Waals surface area contributed by atoms with E-state index in [0.717, 1.165) is 12.8 Å². The van der Waals surface area contributed by atoms with E-state index in [0.29, 0.717) is 25.0 Å². The van der Waals surface area contributed by atoms with Gasteiger partial charge in [-0.05, 0) is 31.6 Å². The molecule has 1 rings (SSSR count). The molecule has 1 fully saturated rings. The third-order valence-corrected chi connectivity index (χ3v) is 3.39. The van der Waals surface area contributed by atoms with E-state index in [4.69, 9.17) is 10.5 Å². The lowest BCUT2D eigenvalue weighted by Gasteiger charge is -2.20. The van der Waals surface area contributed by atoms with Crippen LogP contribution < -0.4 is 11.1 Å². The summed E-state index contributed by atoms with van der Waals surface area (Å²) in [5.74, 6) is 0.588. The van der Waals surface area contributed by atoms with Crippen LogP contribution in [-0.2, 0) is 9.53 Å². The number of carbonyl (C=O) groups excluding carboxylic acids is 1. The van der Waals surface area contributed by atoms with Gasteiger partial charge in [0.1, 0.15) is 0 Å². The van der Waals surface area contributed by atoms with Crippen LogP contribution in [0.25, 0.3) is 0 Å². The van der Waals surface area contributed by atoms with E-state index in [2.05, 4.69) is 12.2 Å². The van der Waals surface area contributed by atoms with Crippen molar-refractivity contribution >= 4 is 5.91 Å². The highest BCUT2D eigenvalue weighted by Crippen LogP contribution is 2.24. The number of methoxy groups -OCH3 is 1. The highest BCUT2D eigenvalue weighted by Gasteiger charge is 2.26. The van der Waals surface area contributed by atoms with Gasteiger partial charge in [0.15, 0.2) is 0 Å². The Morgan fingerprint density at radius 1 is 1.56 bits per heavy atom. The lowest BCUT2D eigenvalue weighted by Crippen LogP contribution is -2.46. The molecule has 0 aromatic carbocycles. The number of ether oxygens (including phenoxy) is 1. The third kappa shape index (κ3) is 4.10. The van der Waals surface area contributed by atoms with Crippen molar-refractivity contribution in [1.82, 2.24) is 5.32 Å². The molecule has 0 aliphatic heterocycles. The van der Waals surface area contributed by atoms with Crippen molar-refractivity contribution in [3.63, 3.8) is 0 Å². The molecule has 1 amide bonds. The first-order chi connectivity index (χ1) is 7.65. The van der Waals surface area contributed by atoms with Gasteiger partial charge in [0.05, 0.1) is 6.04 Å². The minimum atomic E-state index is -0.386. The summed E-state index contributed by atoms with van der Waals surface area (Å²) in [6.45, 7) is 2.86. The van der Waals surface area contributed by atoms with E-state index < -0.39 is 0 Å². The molecule has 1 saturated carbocycles. The van der Waals surface area contributed by atoms with Gasteiger partial charge >= 0.3 is 0 Å². The summed E-state index contributed by atoms with van der Waals surface area (Å²) in [5.41, 5.74) is 5.81.